The number of aryl methyl sites for hydroxylation is 1. The second-order valence-corrected chi connectivity index (χ2v) is 6.69. The molecule has 1 saturated carbocycles. The summed E-state index contributed by atoms with van der Waals surface area (Å²) in [6, 6.07) is 8.79. The molecular weight excluding hydrogens is 262 g/mol. The van der Waals surface area contributed by atoms with Gasteiger partial charge in [0.05, 0.1) is 6.42 Å². The summed E-state index contributed by atoms with van der Waals surface area (Å²) in [5.74, 6) is 0.718. The third kappa shape index (κ3) is 4.23. The summed E-state index contributed by atoms with van der Waals surface area (Å²) in [5, 5.41) is 9.05. The van der Waals surface area contributed by atoms with E-state index >= 15 is 0 Å². The number of rotatable bonds is 5. The molecule has 0 radical (unpaired) electrons. The lowest BCUT2D eigenvalue weighted by molar-refractivity contribution is -0.136. The smallest absolute Gasteiger partial charge is 0.305 e. The summed E-state index contributed by atoms with van der Waals surface area (Å²) >= 11 is 0. The van der Waals surface area contributed by atoms with Crippen LogP contribution in [0.2, 0.25) is 0 Å². The van der Waals surface area contributed by atoms with E-state index in [9.17, 15) is 4.79 Å². The molecule has 21 heavy (non-hydrogen) atoms. The van der Waals surface area contributed by atoms with E-state index in [1.54, 1.807) is 0 Å². The van der Waals surface area contributed by atoms with Crippen LogP contribution < -0.4 is 4.90 Å². The van der Waals surface area contributed by atoms with Crippen molar-refractivity contribution < 1.29 is 9.90 Å². The van der Waals surface area contributed by atoms with E-state index in [4.69, 9.17) is 5.11 Å². The molecule has 2 unspecified atom stereocenters. The van der Waals surface area contributed by atoms with Gasteiger partial charge in [0.15, 0.2) is 0 Å². The minimum absolute atomic E-state index is 0.202. The van der Waals surface area contributed by atoms with Gasteiger partial charge in [-0.2, -0.15) is 0 Å². The Balaban J connectivity index is 2.23. The molecule has 0 amide bonds. The molecule has 1 aromatic carbocycles. The van der Waals surface area contributed by atoms with Gasteiger partial charge in [-0.05, 0) is 49.7 Å². The number of hydrogen-bond donors (Lipinski definition) is 1. The molecule has 0 saturated heterocycles. The molecule has 1 fully saturated rings. The lowest BCUT2D eigenvalue weighted by Gasteiger charge is -2.41. The highest BCUT2D eigenvalue weighted by atomic mass is 16.4. The van der Waals surface area contributed by atoms with Crippen molar-refractivity contribution in [2.24, 2.45) is 11.8 Å². The molecule has 1 aliphatic carbocycles. The van der Waals surface area contributed by atoms with Crippen LogP contribution in [0.3, 0.4) is 0 Å². The first-order chi connectivity index (χ1) is 9.97. The lowest BCUT2D eigenvalue weighted by atomic mass is 9.79. The maximum atomic E-state index is 11.0. The van der Waals surface area contributed by atoms with Crippen LogP contribution in [0.15, 0.2) is 24.3 Å². The maximum Gasteiger partial charge on any atom is 0.305 e. The average Bonchev–Trinajstić information content (AvgIpc) is 2.39. The van der Waals surface area contributed by atoms with Crippen LogP contribution >= 0.6 is 0 Å². The predicted molar refractivity (Wildman–Crippen MR) is 86.7 cm³/mol. The van der Waals surface area contributed by atoms with Crippen molar-refractivity contribution in [1.82, 2.24) is 0 Å². The maximum absolute atomic E-state index is 11.0. The van der Waals surface area contributed by atoms with E-state index in [-0.39, 0.29) is 6.42 Å². The van der Waals surface area contributed by atoms with Crippen LogP contribution in [0.5, 0.6) is 0 Å². The molecule has 1 aromatic rings. The highest BCUT2D eigenvalue weighted by Crippen LogP contribution is 2.34. The summed E-state index contributed by atoms with van der Waals surface area (Å²) in [4.78, 5) is 13.3. The van der Waals surface area contributed by atoms with Crippen LogP contribution in [-0.4, -0.2) is 23.7 Å². The average molecular weight is 289 g/mol. The summed E-state index contributed by atoms with van der Waals surface area (Å²) in [5.41, 5.74) is 2.43. The Labute approximate surface area is 128 Å². The molecule has 2 rings (SSSR count). The van der Waals surface area contributed by atoms with E-state index in [1.807, 2.05) is 12.1 Å². The quantitative estimate of drug-likeness (QED) is 0.887. The number of benzene rings is 1. The Bertz CT molecular complexity index is 476. The van der Waals surface area contributed by atoms with Gasteiger partial charge in [-0.3, -0.25) is 4.79 Å². The fraction of sp³-hybridized carbons (Fsp3) is 0.611. The Morgan fingerprint density at radius 3 is 2.38 bits per heavy atom. The number of carbonyl (C=O) groups is 1. The molecule has 3 nitrogen and oxygen atoms in total. The van der Waals surface area contributed by atoms with E-state index in [1.165, 1.54) is 17.7 Å². The van der Waals surface area contributed by atoms with Crippen molar-refractivity contribution in [3.63, 3.8) is 0 Å². The van der Waals surface area contributed by atoms with Gasteiger partial charge in [-0.25, -0.2) is 0 Å². The van der Waals surface area contributed by atoms with Gasteiger partial charge in [0.25, 0.3) is 0 Å². The second kappa shape index (κ2) is 6.97. The fourth-order valence-corrected chi connectivity index (χ4v) is 3.76. The van der Waals surface area contributed by atoms with Crippen LogP contribution in [0.4, 0.5) is 5.69 Å². The normalized spacial score (nSPS) is 25.6. The molecule has 1 N–H and O–H groups in total. The van der Waals surface area contributed by atoms with E-state index in [2.05, 4.69) is 37.8 Å². The number of para-hydroxylation sites is 1. The van der Waals surface area contributed by atoms with E-state index in [0.29, 0.717) is 12.6 Å². The van der Waals surface area contributed by atoms with Gasteiger partial charge in [0.1, 0.15) is 0 Å². The first-order valence-electron chi connectivity index (χ1n) is 8.01. The predicted octanol–water partition coefficient (Wildman–Crippen LogP) is 4.10. The van der Waals surface area contributed by atoms with Crippen LogP contribution in [0.1, 0.15) is 45.1 Å². The fourth-order valence-electron chi connectivity index (χ4n) is 3.76. The first-order valence-corrected chi connectivity index (χ1v) is 8.01. The molecule has 0 aromatic heterocycles. The zero-order valence-corrected chi connectivity index (χ0v) is 13.4. The number of anilines is 1. The minimum atomic E-state index is -0.717. The third-order valence-corrected chi connectivity index (χ3v) is 4.59. The number of carboxylic acids is 1. The van der Waals surface area contributed by atoms with E-state index < -0.39 is 5.97 Å². The van der Waals surface area contributed by atoms with E-state index in [0.717, 1.165) is 24.7 Å². The summed E-state index contributed by atoms with van der Waals surface area (Å²) < 4.78 is 0. The third-order valence-electron chi connectivity index (χ3n) is 4.59. The monoisotopic (exact) mass is 289 g/mol. The molecule has 1 aliphatic rings. The highest BCUT2D eigenvalue weighted by molar-refractivity contribution is 5.68. The molecule has 0 spiro atoms. The molecule has 0 aliphatic heterocycles. The van der Waals surface area contributed by atoms with Crippen molar-refractivity contribution in [2.45, 2.75) is 52.5 Å². The molecule has 116 valence electrons. The highest BCUT2D eigenvalue weighted by Gasteiger charge is 2.29. The topological polar surface area (TPSA) is 40.5 Å². The van der Waals surface area contributed by atoms with Crippen LogP contribution in [-0.2, 0) is 4.79 Å². The Kier molecular flexibility index (Phi) is 5.27. The largest absolute Gasteiger partial charge is 0.481 e. The number of carboxylic acid groups (broad SMARTS) is 1. The second-order valence-electron chi connectivity index (χ2n) is 6.69. The number of hydrogen-bond acceptors (Lipinski definition) is 2. The van der Waals surface area contributed by atoms with Crippen molar-refractivity contribution in [3.05, 3.63) is 29.8 Å². The number of nitrogens with zero attached hydrogens (tertiary/aromatic N) is 1. The van der Waals surface area contributed by atoms with Gasteiger partial charge >= 0.3 is 5.97 Å². The molecule has 2 atom stereocenters. The minimum Gasteiger partial charge on any atom is -0.481 e. The van der Waals surface area contributed by atoms with Gasteiger partial charge < -0.3 is 10.0 Å². The molecule has 3 heteroatoms. The Morgan fingerprint density at radius 2 is 1.81 bits per heavy atom. The van der Waals surface area contributed by atoms with Gasteiger partial charge in [-0.1, -0.05) is 32.0 Å². The molecular formula is C18H27NO2. The van der Waals surface area contributed by atoms with Crippen molar-refractivity contribution in [1.29, 1.82) is 0 Å². The summed E-state index contributed by atoms with van der Waals surface area (Å²) in [6.07, 6.45) is 3.82. The zero-order chi connectivity index (χ0) is 15.4. The van der Waals surface area contributed by atoms with Crippen LogP contribution in [0, 0.1) is 18.8 Å². The summed E-state index contributed by atoms with van der Waals surface area (Å²) in [6.45, 7) is 7.34. The van der Waals surface area contributed by atoms with Gasteiger partial charge in [0, 0.05) is 18.3 Å². The molecule has 0 heterocycles. The first kappa shape index (κ1) is 15.9. The summed E-state index contributed by atoms with van der Waals surface area (Å²) in [7, 11) is 0. The van der Waals surface area contributed by atoms with Crippen molar-refractivity contribution in [2.75, 3.05) is 11.4 Å². The molecule has 0 bridgehead atoms. The Morgan fingerprint density at radius 1 is 1.19 bits per heavy atom. The number of aliphatic carboxylic acids is 1. The van der Waals surface area contributed by atoms with Crippen molar-refractivity contribution in [3.8, 4) is 0 Å². The lowest BCUT2D eigenvalue weighted by Crippen LogP contribution is -2.42. The van der Waals surface area contributed by atoms with Gasteiger partial charge in [0.2, 0.25) is 0 Å². The SMILES string of the molecule is Cc1ccccc1N(CCC(=O)O)C1CC(C)CC(C)C1. The zero-order valence-electron chi connectivity index (χ0n) is 13.4. The van der Waals surface area contributed by atoms with Crippen LogP contribution in [0.25, 0.3) is 0 Å². The van der Waals surface area contributed by atoms with Crippen molar-refractivity contribution >= 4 is 11.7 Å². The standard InChI is InChI=1S/C18H27NO2/c1-13-10-14(2)12-16(11-13)19(9-8-18(20)21)17-7-5-4-6-15(17)3/h4-7,13-14,16H,8-12H2,1-3H3,(H,20,21). The van der Waals surface area contributed by atoms with Gasteiger partial charge in [-0.15, -0.1) is 0 Å². The Hall–Kier alpha value is -1.51.